The van der Waals surface area contributed by atoms with Gasteiger partial charge in [0.15, 0.2) is 11.6 Å². The first-order valence-electron chi connectivity index (χ1n) is 6.56. The summed E-state index contributed by atoms with van der Waals surface area (Å²) < 4.78 is 32.8. The van der Waals surface area contributed by atoms with Crippen molar-refractivity contribution in [3.05, 3.63) is 65.2 Å². The summed E-state index contributed by atoms with van der Waals surface area (Å²) in [6, 6.07) is 11.6. The van der Waals surface area contributed by atoms with E-state index in [1.807, 2.05) is 30.3 Å². The van der Waals surface area contributed by atoms with Crippen molar-refractivity contribution >= 4 is 12.4 Å². The molecule has 0 saturated heterocycles. The normalized spacial score (nSPS) is 19.8. The fraction of sp³-hybridized carbons (Fsp3) is 0.250. The number of hydrogen-bond acceptors (Lipinski definition) is 2. The van der Waals surface area contributed by atoms with Gasteiger partial charge in [0, 0.05) is 23.6 Å². The van der Waals surface area contributed by atoms with E-state index < -0.39 is 11.6 Å². The molecule has 0 heterocycles. The maximum Gasteiger partial charge on any atom is 0.168 e. The van der Waals surface area contributed by atoms with Gasteiger partial charge >= 0.3 is 0 Å². The van der Waals surface area contributed by atoms with E-state index in [0.29, 0.717) is 5.56 Å². The van der Waals surface area contributed by atoms with Crippen LogP contribution in [0.5, 0.6) is 5.75 Å². The van der Waals surface area contributed by atoms with Crippen molar-refractivity contribution < 1.29 is 13.5 Å². The SMILES string of the molecule is Cl.NC1CC1c1cc(F)cc(F)c1OCc1ccccc1. The van der Waals surface area contributed by atoms with Gasteiger partial charge in [-0.1, -0.05) is 30.3 Å². The first-order valence-corrected chi connectivity index (χ1v) is 6.56. The predicted octanol–water partition coefficient (Wildman–Crippen LogP) is 3.78. The number of rotatable bonds is 4. The molecule has 2 atom stereocenters. The third-order valence-electron chi connectivity index (χ3n) is 3.50. The molecular formula is C16H16ClF2NO. The summed E-state index contributed by atoms with van der Waals surface area (Å²) in [5.74, 6) is -1.15. The first-order chi connectivity index (χ1) is 9.65. The molecule has 5 heteroatoms. The average molecular weight is 312 g/mol. The zero-order valence-electron chi connectivity index (χ0n) is 11.3. The summed E-state index contributed by atoms with van der Waals surface area (Å²) in [5.41, 5.74) is 7.24. The lowest BCUT2D eigenvalue weighted by molar-refractivity contribution is 0.285. The minimum Gasteiger partial charge on any atom is -0.486 e. The Labute approximate surface area is 128 Å². The Kier molecular flexibility index (Phi) is 4.80. The number of ether oxygens (including phenoxy) is 1. The largest absolute Gasteiger partial charge is 0.486 e. The molecule has 1 fully saturated rings. The highest BCUT2D eigenvalue weighted by Gasteiger charge is 2.38. The Hall–Kier alpha value is -1.65. The predicted molar refractivity (Wildman–Crippen MR) is 79.7 cm³/mol. The van der Waals surface area contributed by atoms with E-state index in [1.54, 1.807) is 0 Å². The third-order valence-corrected chi connectivity index (χ3v) is 3.50. The van der Waals surface area contributed by atoms with Gasteiger partial charge in [-0.2, -0.15) is 0 Å². The molecule has 1 saturated carbocycles. The Morgan fingerprint density at radius 2 is 1.81 bits per heavy atom. The number of benzene rings is 2. The van der Waals surface area contributed by atoms with E-state index in [2.05, 4.69) is 0 Å². The maximum absolute atomic E-state index is 13.9. The summed E-state index contributed by atoms with van der Waals surface area (Å²) in [7, 11) is 0. The van der Waals surface area contributed by atoms with Crippen molar-refractivity contribution in [2.24, 2.45) is 5.73 Å². The first kappa shape index (κ1) is 15.7. The zero-order chi connectivity index (χ0) is 14.1. The van der Waals surface area contributed by atoms with Crippen LogP contribution in [0.15, 0.2) is 42.5 Å². The van der Waals surface area contributed by atoms with E-state index >= 15 is 0 Å². The highest BCUT2D eigenvalue weighted by Crippen LogP contribution is 2.44. The fourth-order valence-corrected chi connectivity index (χ4v) is 2.31. The van der Waals surface area contributed by atoms with E-state index in [9.17, 15) is 8.78 Å². The van der Waals surface area contributed by atoms with Crippen LogP contribution in [0.25, 0.3) is 0 Å². The quantitative estimate of drug-likeness (QED) is 0.932. The number of halogens is 3. The minimum atomic E-state index is -0.671. The van der Waals surface area contributed by atoms with Crippen molar-refractivity contribution in [1.29, 1.82) is 0 Å². The molecule has 2 aromatic carbocycles. The molecule has 1 aliphatic carbocycles. The number of nitrogens with two attached hydrogens (primary N) is 1. The molecule has 21 heavy (non-hydrogen) atoms. The summed E-state index contributed by atoms with van der Waals surface area (Å²) in [4.78, 5) is 0. The molecule has 0 radical (unpaired) electrons. The van der Waals surface area contributed by atoms with E-state index in [-0.39, 0.29) is 36.7 Å². The van der Waals surface area contributed by atoms with Gasteiger partial charge in [0.1, 0.15) is 12.4 Å². The van der Waals surface area contributed by atoms with Crippen LogP contribution < -0.4 is 10.5 Å². The Morgan fingerprint density at radius 1 is 1.14 bits per heavy atom. The van der Waals surface area contributed by atoms with Crippen LogP contribution in [-0.4, -0.2) is 6.04 Å². The molecule has 0 spiro atoms. The van der Waals surface area contributed by atoms with Gasteiger partial charge in [0.05, 0.1) is 0 Å². The molecule has 1 aliphatic rings. The second-order valence-electron chi connectivity index (χ2n) is 5.09. The van der Waals surface area contributed by atoms with E-state index in [1.165, 1.54) is 6.07 Å². The molecule has 3 rings (SSSR count). The van der Waals surface area contributed by atoms with Crippen LogP contribution in [-0.2, 0) is 6.61 Å². The fourth-order valence-electron chi connectivity index (χ4n) is 2.31. The monoisotopic (exact) mass is 311 g/mol. The van der Waals surface area contributed by atoms with Crippen molar-refractivity contribution in [3.8, 4) is 5.75 Å². The summed E-state index contributed by atoms with van der Waals surface area (Å²) in [5, 5.41) is 0. The van der Waals surface area contributed by atoms with Gasteiger partial charge < -0.3 is 10.5 Å². The lowest BCUT2D eigenvalue weighted by Gasteiger charge is -2.12. The smallest absolute Gasteiger partial charge is 0.168 e. The van der Waals surface area contributed by atoms with Crippen molar-refractivity contribution in [3.63, 3.8) is 0 Å². The topological polar surface area (TPSA) is 35.2 Å². The van der Waals surface area contributed by atoms with Crippen molar-refractivity contribution in [2.45, 2.75) is 25.0 Å². The van der Waals surface area contributed by atoms with E-state index in [0.717, 1.165) is 18.1 Å². The van der Waals surface area contributed by atoms with Gasteiger partial charge in [-0.25, -0.2) is 8.78 Å². The molecular weight excluding hydrogens is 296 g/mol. The van der Waals surface area contributed by atoms with Crippen LogP contribution in [0.1, 0.15) is 23.5 Å². The van der Waals surface area contributed by atoms with Crippen molar-refractivity contribution in [1.82, 2.24) is 0 Å². The van der Waals surface area contributed by atoms with Gasteiger partial charge in [-0.05, 0) is 18.1 Å². The second-order valence-corrected chi connectivity index (χ2v) is 5.09. The summed E-state index contributed by atoms with van der Waals surface area (Å²) in [6.45, 7) is 0.248. The summed E-state index contributed by atoms with van der Waals surface area (Å²) in [6.07, 6.45) is 0.741. The highest BCUT2D eigenvalue weighted by molar-refractivity contribution is 5.85. The Balaban J connectivity index is 0.00000161. The van der Waals surface area contributed by atoms with Gasteiger partial charge in [0.2, 0.25) is 0 Å². The number of hydrogen-bond donors (Lipinski definition) is 1. The molecule has 112 valence electrons. The molecule has 2 nitrogen and oxygen atoms in total. The second kappa shape index (κ2) is 6.41. The van der Waals surface area contributed by atoms with Crippen LogP contribution in [0, 0.1) is 11.6 Å². The molecule has 2 unspecified atom stereocenters. The average Bonchev–Trinajstić information content (AvgIpc) is 3.15. The highest BCUT2D eigenvalue weighted by atomic mass is 35.5. The van der Waals surface area contributed by atoms with E-state index in [4.69, 9.17) is 10.5 Å². The lowest BCUT2D eigenvalue weighted by Crippen LogP contribution is -2.05. The van der Waals surface area contributed by atoms with Crippen LogP contribution in [0.4, 0.5) is 8.78 Å². The molecule has 2 aromatic rings. The Bertz CT molecular complexity index is 621. The van der Waals surface area contributed by atoms with Gasteiger partial charge in [0.25, 0.3) is 0 Å². The summed E-state index contributed by atoms with van der Waals surface area (Å²) >= 11 is 0. The van der Waals surface area contributed by atoms with Crippen molar-refractivity contribution in [2.75, 3.05) is 0 Å². The molecule has 0 bridgehead atoms. The third kappa shape index (κ3) is 3.52. The Morgan fingerprint density at radius 3 is 2.43 bits per heavy atom. The molecule has 0 aliphatic heterocycles. The van der Waals surface area contributed by atoms with Crippen LogP contribution in [0.2, 0.25) is 0 Å². The van der Waals surface area contributed by atoms with Gasteiger partial charge in [-0.3, -0.25) is 0 Å². The molecule has 0 amide bonds. The minimum absolute atomic E-state index is 0. The maximum atomic E-state index is 13.9. The molecule has 0 aromatic heterocycles. The molecule has 2 N–H and O–H groups in total. The lowest BCUT2D eigenvalue weighted by atomic mass is 10.1. The zero-order valence-corrected chi connectivity index (χ0v) is 12.1. The standard InChI is InChI=1S/C16H15F2NO.ClH/c17-11-6-13(12-8-15(12)19)16(14(18)7-11)20-9-10-4-2-1-3-5-10;/h1-7,12,15H,8-9,19H2;1H. The van der Waals surface area contributed by atoms with Crippen LogP contribution in [0.3, 0.4) is 0 Å². The van der Waals surface area contributed by atoms with Crippen LogP contribution >= 0.6 is 12.4 Å². The van der Waals surface area contributed by atoms with Gasteiger partial charge in [-0.15, -0.1) is 12.4 Å².